The molecule has 3 aromatic rings. The molecular formula is C17H20N5OS2+. The number of nitrogens with one attached hydrogen (secondary N) is 1. The Labute approximate surface area is 155 Å². The van der Waals surface area contributed by atoms with Crippen LogP contribution in [0.1, 0.15) is 23.8 Å². The molecule has 2 atom stereocenters. The fourth-order valence-corrected chi connectivity index (χ4v) is 4.55. The van der Waals surface area contributed by atoms with Crippen molar-refractivity contribution in [3.8, 4) is 11.4 Å². The standard InChI is InChI=1S/C17H19N5OS2/c1-23-14-8-6-13(7-9-14)22-17(24)21(18-19-22)12-20-10-2-4-15(20)16-5-3-11-25-16/h3,5-9,11,15H,2,4,10,12H2,1H3/p+1/t15-/m1/s1. The number of tetrazole rings is 1. The molecular weight excluding hydrogens is 354 g/mol. The maximum atomic E-state index is 5.60. The molecule has 4 rings (SSSR count). The summed E-state index contributed by atoms with van der Waals surface area (Å²) in [6.45, 7) is 1.89. The number of likely N-dealkylation sites (tertiary alicyclic amines) is 1. The van der Waals surface area contributed by atoms with Crippen LogP contribution in [0, 0.1) is 4.77 Å². The van der Waals surface area contributed by atoms with E-state index in [0.29, 0.717) is 10.8 Å². The quantitative estimate of drug-likeness (QED) is 0.696. The predicted molar refractivity (Wildman–Crippen MR) is 98.9 cm³/mol. The van der Waals surface area contributed by atoms with Crippen molar-refractivity contribution in [1.29, 1.82) is 0 Å². The number of quaternary nitrogens is 1. The summed E-state index contributed by atoms with van der Waals surface area (Å²) in [5, 5.41) is 10.7. The Bertz CT molecular complexity index is 885. The molecule has 0 aliphatic carbocycles. The van der Waals surface area contributed by atoms with E-state index in [1.807, 2.05) is 40.3 Å². The van der Waals surface area contributed by atoms with Crippen molar-refractivity contribution in [1.82, 2.24) is 19.8 Å². The first-order valence-electron chi connectivity index (χ1n) is 8.31. The van der Waals surface area contributed by atoms with Crippen LogP contribution in [0.25, 0.3) is 5.69 Å². The Balaban J connectivity index is 1.55. The molecule has 0 radical (unpaired) electrons. The minimum atomic E-state index is 0.535. The molecule has 1 saturated heterocycles. The largest absolute Gasteiger partial charge is 0.497 e. The van der Waals surface area contributed by atoms with Crippen LogP contribution in [0.4, 0.5) is 0 Å². The Morgan fingerprint density at radius 1 is 1.28 bits per heavy atom. The second-order valence-electron chi connectivity index (χ2n) is 6.15. The van der Waals surface area contributed by atoms with Crippen LogP contribution < -0.4 is 9.64 Å². The van der Waals surface area contributed by atoms with Crippen molar-refractivity contribution < 1.29 is 9.64 Å². The monoisotopic (exact) mass is 374 g/mol. The number of hydrogen-bond acceptors (Lipinski definition) is 5. The van der Waals surface area contributed by atoms with Crippen molar-refractivity contribution in [2.75, 3.05) is 13.7 Å². The number of thiophene rings is 1. The summed E-state index contributed by atoms with van der Waals surface area (Å²) < 4.78 is 9.35. The third kappa shape index (κ3) is 3.24. The topological polar surface area (TPSA) is 49.3 Å². The Hall–Kier alpha value is -2.03. The zero-order chi connectivity index (χ0) is 17.2. The normalized spacial score (nSPS) is 20.0. The summed E-state index contributed by atoms with van der Waals surface area (Å²) in [7, 11) is 1.65. The lowest BCUT2D eigenvalue weighted by atomic mass is 10.2. The van der Waals surface area contributed by atoms with Crippen LogP contribution in [0.5, 0.6) is 5.75 Å². The summed E-state index contributed by atoms with van der Waals surface area (Å²) in [5.41, 5.74) is 0.892. The van der Waals surface area contributed by atoms with Gasteiger partial charge in [-0.15, -0.1) is 11.3 Å². The van der Waals surface area contributed by atoms with Gasteiger partial charge in [0.05, 0.1) is 24.2 Å². The molecule has 3 heterocycles. The van der Waals surface area contributed by atoms with E-state index in [-0.39, 0.29) is 0 Å². The van der Waals surface area contributed by atoms with Gasteiger partial charge in [-0.25, -0.2) is 0 Å². The lowest BCUT2D eigenvalue weighted by Gasteiger charge is -2.19. The number of methoxy groups -OCH3 is 1. The lowest BCUT2D eigenvalue weighted by molar-refractivity contribution is -0.941. The molecule has 0 spiro atoms. The van der Waals surface area contributed by atoms with E-state index in [0.717, 1.165) is 24.7 Å². The van der Waals surface area contributed by atoms with E-state index in [1.54, 1.807) is 11.8 Å². The Morgan fingerprint density at radius 2 is 2.12 bits per heavy atom. The Morgan fingerprint density at radius 3 is 2.84 bits per heavy atom. The van der Waals surface area contributed by atoms with E-state index in [9.17, 15) is 0 Å². The van der Waals surface area contributed by atoms with Crippen LogP contribution in [-0.4, -0.2) is 33.4 Å². The fraction of sp³-hybridized carbons (Fsp3) is 0.353. The van der Waals surface area contributed by atoms with Gasteiger partial charge in [0.25, 0.3) is 0 Å². The van der Waals surface area contributed by atoms with Crippen LogP contribution in [0.2, 0.25) is 0 Å². The molecule has 1 fully saturated rings. The van der Waals surface area contributed by atoms with Crippen molar-refractivity contribution >= 4 is 23.6 Å². The number of hydrogen-bond donors (Lipinski definition) is 1. The molecule has 1 aromatic carbocycles. The fourth-order valence-electron chi connectivity index (χ4n) is 3.39. The molecule has 25 heavy (non-hydrogen) atoms. The van der Waals surface area contributed by atoms with Crippen molar-refractivity contribution in [3.05, 3.63) is 51.4 Å². The third-order valence-corrected chi connectivity index (χ3v) is 6.05. The summed E-state index contributed by atoms with van der Waals surface area (Å²) in [6.07, 6.45) is 2.45. The second-order valence-corrected chi connectivity index (χ2v) is 7.49. The molecule has 2 aromatic heterocycles. The maximum Gasteiger partial charge on any atom is 0.225 e. The first-order chi connectivity index (χ1) is 12.3. The highest BCUT2D eigenvalue weighted by Gasteiger charge is 2.31. The minimum absolute atomic E-state index is 0.535. The van der Waals surface area contributed by atoms with Gasteiger partial charge in [-0.2, -0.15) is 9.36 Å². The molecule has 8 heteroatoms. The first-order valence-corrected chi connectivity index (χ1v) is 9.60. The van der Waals surface area contributed by atoms with Crippen LogP contribution in [-0.2, 0) is 6.67 Å². The van der Waals surface area contributed by atoms with Gasteiger partial charge in [0.1, 0.15) is 11.8 Å². The molecule has 0 amide bonds. The predicted octanol–water partition coefficient (Wildman–Crippen LogP) is 2.25. The highest BCUT2D eigenvalue weighted by Crippen LogP contribution is 2.23. The average Bonchev–Trinajstić information content (AvgIpc) is 3.38. The molecule has 1 aliphatic rings. The van der Waals surface area contributed by atoms with Crippen LogP contribution in [0.3, 0.4) is 0 Å². The molecule has 0 saturated carbocycles. The van der Waals surface area contributed by atoms with Crippen molar-refractivity contribution in [2.45, 2.75) is 25.6 Å². The minimum Gasteiger partial charge on any atom is -0.497 e. The average molecular weight is 375 g/mol. The molecule has 130 valence electrons. The number of rotatable bonds is 5. The van der Waals surface area contributed by atoms with Gasteiger partial charge in [-0.3, -0.25) is 0 Å². The molecule has 1 unspecified atom stereocenters. The van der Waals surface area contributed by atoms with E-state index in [1.165, 1.54) is 22.6 Å². The molecule has 1 N–H and O–H groups in total. The molecule has 1 aliphatic heterocycles. The zero-order valence-corrected chi connectivity index (χ0v) is 15.6. The van der Waals surface area contributed by atoms with Crippen molar-refractivity contribution in [2.24, 2.45) is 0 Å². The van der Waals surface area contributed by atoms with Gasteiger partial charge in [-0.05, 0) is 58.4 Å². The highest BCUT2D eigenvalue weighted by atomic mass is 32.1. The van der Waals surface area contributed by atoms with Gasteiger partial charge in [0.15, 0.2) is 6.67 Å². The number of nitrogens with zero attached hydrogens (tertiary/aromatic N) is 4. The van der Waals surface area contributed by atoms with Gasteiger partial charge >= 0.3 is 0 Å². The van der Waals surface area contributed by atoms with Crippen molar-refractivity contribution in [3.63, 3.8) is 0 Å². The van der Waals surface area contributed by atoms with Gasteiger partial charge < -0.3 is 9.64 Å². The number of ether oxygens (including phenoxy) is 1. The SMILES string of the molecule is COc1ccc(-n2nnn(C[NH+]3CCC[C@@H]3c3cccs3)c2=S)cc1. The third-order valence-electron chi connectivity index (χ3n) is 4.68. The summed E-state index contributed by atoms with van der Waals surface area (Å²) in [6, 6.07) is 12.6. The van der Waals surface area contributed by atoms with Gasteiger partial charge in [0.2, 0.25) is 4.77 Å². The van der Waals surface area contributed by atoms with Gasteiger partial charge in [0, 0.05) is 12.8 Å². The van der Waals surface area contributed by atoms with Crippen LogP contribution >= 0.6 is 23.6 Å². The number of aromatic nitrogens is 4. The van der Waals surface area contributed by atoms with Crippen LogP contribution in [0.15, 0.2) is 41.8 Å². The Kier molecular flexibility index (Phi) is 4.65. The van der Waals surface area contributed by atoms with E-state index in [2.05, 4.69) is 27.9 Å². The zero-order valence-electron chi connectivity index (χ0n) is 14.0. The maximum absolute atomic E-state index is 5.60. The summed E-state index contributed by atoms with van der Waals surface area (Å²) in [5.74, 6) is 0.808. The molecule has 0 bridgehead atoms. The smallest absolute Gasteiger partial charge is 0.225 e. The first kappa shape index (κ1) is 16.4. The second kappa shape index (κ2) is 7.07. The number of benzene rings is 1. The van der Waals surface area contributed by atoms with E-state index < -0.39 is 0 Å². The molecule has 6 nitrogen and oxygen atoms in total. The van der Waals surface area contributed by atoms with E-state index >= 15 is 0 Å². The summed E-state index contributed by atoms with van der Waals surface area (Å²) >= 11 is 7.44. The lowest BCUT2D eigenvalue weighted by Crippen LogP contribution is -3.09. The van der Waals surface area contributed by atoms with Gasteiger partial charge in [-0.1, -0.05) is 6.07 Å². The highest BCUT2D eigenvalue weighted by molar-refractivity contribution is 7.71. The van der Waals surface area contributed by atoms with E-state index in [4.69, 9.17) is 17.0 Å². The summed E-state index contributed by atoms with van der Waals surface area (Å²) in [4.78, 5) is 2.95.